The van der Waals surface area contributed by atoms with Crippen LogP contribution in [-0.4, -0.2) is 59.6 Å². The Morgan fingerprint density at radius 1 is 1.39 bits per heavy atom. The highest BCUT2D eigenvalue weighted by atomic mass is 16.5. The van der Waals surface area contributed by atoms with Crippen LogP contribution in [0.4, 0.5) is 4.79 Å². The van der Waals surface area contributed by atoms with Gasteiger partial charge in [-0.2, -0.15) is 5.26 Å². The summed E-state index contributed by atoms with van der Waals surface area (Å²) in [7, 11) is 1.58. The summed E-state index contributed by atoms with van der Waals surface area (Å²) in [5.41, 5.74) is 2.08. The molecule has 8 heteroatoms. The molecule has 2 N–H and O–H groups in total. The van der Waals surface area contributed by atoms with E-state index in [1.54, 1.807) is 29.9 Å². The molecular formula is C20H24N4O4. The molecule has 0 saturated carbocycles. The number of carbonyl (C=O) groups is 1. The summed E-state index contributed by atoms with van der Waals surface area (Å²) in [6.07, 6.45) is -0.638. The van der Waals surface area contributed by atoms with Crippen LogP contribution in [0.1, 0.15) is 17.5 Å². The molecule has 1 aliphatic rings. The molecule has 0 radical (unpaired) electrons. The Balaban J connectivity index is 1.78. The van der Waals surface area contributed by atoms with Gasteiger partial charge in [0.05, 0.1) is 29.3 Å². The summed E-state index contributed by atoms with van der Waals surface area (Å²) in [4.78, 5) is 25.7. The molecular weight excluding hydrogens is 360 g/mol. The van der Waals surface area contributed by atoms with E-state index in [2.05, 4.69) is 16.3 Å². The van der Waals surface area contributed by atoms with E-state index >= 15 is 0 Å². The predicted molar refractivity (Wildman–Crippen MR) is 104 cm³/mol. The maximum absolute atomic E-state index is 12.6. The van der Waals surface area contributed by atoms with Gasteiger partial charge in [-0.05, 0) is 31.0 Å². The summed E-state index contributed by atoms with van der Waals surface area (Å²) in [5, 5.41) is 21.6. The first-order valence-electron chi connectivity index (χ1n) is 9.22. The minimum absolute atomic E-state index is 0.0918. The van der Waals surface area contributed by atoms with Crippen molar-refractivity contribution in [3.05, 3.63) is 45.7 Å². The van der Waals surface area contributed by atoms with Crippen LogP contribution in [0.2, 0.25) is 0 Å². The van der Waals surface area contributed by atoms with Crippen LogP contribution in [0.3, 0.4) is 0 Å². The van der Waals surface area contributed by atoms with Crippen molar-refractivity contribution in [2.75, 3.05) is 26.7 Å². The van der Waals surface area contributed by atoms with Crippen LogP contribution in [0.5, 0.6) is 0 Å². The molecule has 0 bridgehead atoms. The number of fused-ring (bicyclic) bond motifs is 1. The second kappa shape index (κ2) is 8.42. The topological polar surface area (TPSA) is 108 Å². The summed E-state index contributed by atoms with van der Waals surface area (Å²) in [5.74, 6) is 0. The van der Waals surface area contributed by atoms with Gasteiger partial charge < -0.3 is 19.7 Å². The van der Waals surface area contributed by atoms with Crippen molar-refractivity contribution in [3.63, 3.8) is 0 Å². The maximum atomic E-state index is 12.6. The zero-order valence-corrected chi connectivity index (χ0v) is 16.0. The van der Waals surface area contributed by atoms with Crippen molar-refractivity contribution < 1.29 is 14.6 Å². The lowest BCUT2D eigenvalue weighted by Crippen LogP contribution is -2.55. The lowest BCUT2D eigenvalue weighted by Gasteiger charge is -2.37. The van der Waals surface area contributed by atoms with Crippen molar-refractivity contribution in [2.24, 2.45) is 0 Å². The number of rotatable bonds is 5. The molecule has 1 saturated heterocycles. The number of likely N-dealkylation sites (tertiary alicyclic amines) is 1. The molecule has 1 amide bonds. The number of pyridine rings is 1. The third-order valence-electron chi connectivity index (χ3n) is 5.34. The second-order valence-corrected chi connectivity index (χ2v) is 7.08. The molecule has 2 atom stereocenters. The van der Waals surface area contributed by atoms with Crippen molar-refractivity contribution in [2.45, 2.75) is 32.0 Å². The Bertz CT molecular complexity index is 979. The molecule has 0 aliphatic carbocycles. The van der Waals surface area contributed by atoms with E-state index in [4.69, 9.17) is 9.84 Å². The number of aromatic nitrogens is 1. The number of hydrogen-bond donors (Lipinski definition) is 2. The normalized spacial score (nSPS) is 20.0. The minimum Gasteiger partial charge on any atom is -0.465 e. The summed E-state index contributed by atoms with van der Waals surface area (Å²) >= 11 is 0. The van der Waals surface area contributed by atoms with Gasteiger partial charge in [0.1, 0.15) is 0 Å². The van der Waals surface area contributed by atoms with Gasteiger partial charge in [0, 0.05) is 44.7 Å². The van der Waals surface area contributed by atoms with Gasteiger partial charge in [0.15, 0.2) is 0 Å². The Morgan fingerprint density at radius 3 is 2.86 bits per heavy atom. The number of aryl methyl sites for hydroxylation is 1. The smallest absolute Gasteiger partial charge is 0.404 e. The molecule has 148 valence electrons. The average molecular weight is 384 g/mol. The molecule has 8 nitrogen and oxygen atoms in total. The van der Waals surface area contributed by atoms with Gasteiger partial charge >= 0.3 is 6.09 Å². The Morgan fingerprint density at radius 2 is 2.18 bits per heavy atom. The molecule has 1 aromatic carbocycles. The zero-order chi connectivity index (χ0) is 20.3. The first-order valence-corrected chi connectivity index (χ1v) is 9.22. The molecule has 1 aromatic heterocycles. The monoisotopic (exact) mass is 384 g/mol. The molecule has 28 heavy (non-hydrogen) atoms. The highest BCUT2D eigenvalue weighted by molar-refractivity contribution is 5.83. The lowest BCUT2D eigenvalue weighted by molar-refractivity contribution is 0.00609. The second-order valence-electron chi connectivity index (χ2n) is 7.08. The molecule has 0 unspecified atom stereocenters. The molecule has 3 rings (SSSR count). The fourth-order valence-electron chi connectivity index (χ4n) is 3.84. The fraction of sp³-hybridized carbons (Fsp3) is 0.450. The number of hydrogen-bond acceptors (Lipinski definition) is 5. The minimum atomic E-state index is -1.05. The number of nitrogens with one attached hydrogen (secondary N) is 1. The Labute approximate surface area is 162 Å². The van der Waals surface area contributed by atoms with Gasteiger partial charge in [-0.15, -0.1) is 0 Å². The van der Waals surface area contributed by atoms with Crippen molar-refractivity contribution in [1.82, 2.24) is 14.8 Å². The van der Waals surface area contributed by atoms with Gasteiger partial charge in [-0.1, -0.05) is 6.07 Å². The molecule has 2 aromatic rings. The quantitative estimate of drug-likeness (QED) is 0.810. The van der Waals surface area contributed by atoms with Crippen LogP contribution >= 0.6 is 0 Å². The van der Waals surface area contributed by atoms with Crippen LogP contribution in [-0.2, 0) is 11.3 Å². The number of ether oxygens (including phenoxy) is 1. The largest absolute Gasteiger partial charge is 0.465 e. The first kappa shape index (κ1) is 19.9. The standard InChI is InChI=1S/C20H24N4O4/c1-13-9-19(25)24(17-10-14(11-21)3-4-15(13)17)8-7-23-6-5-16(22-20(26)27)18(12-23)28-2/h3-4,9-10,16,18,22H,5-8,12H2,1-2H3,(H,26,27)/t16-,18+/m1/s1. The molecule has 0 spiro atoms. The number of benzene rings is 1. The van der Waals surface area contributed by atoms with E-state index in [1.807, 2.05) is 13.0 Å². The molecule has 1 aliphatic heterocycles. The molecule has 2 heterocycles. The van der Waals surface area contributed by atoms with Gasteiger partial charge in [-0.3, -0.25) is 9.69 Å². The number of carboxylic acid groups (broad SMARTS) is 1. The SMILES string of the molecule is CO[C@H]1CN(CCn2c(=O)cc(C)c3ccc(C#N)cc32)CC[C@H]1NC(=O)O. The third-order valence-corrected chi connectivity index (χ3v) is 5.34. The van der Waals surface area contributed by atoms with E-state index < -0.39 is 6.09 Å². The van der Waals surface area contributed by atoms with E-state index in [9.17, 15) is 14.9 Å². The maximum Gasteiger partial charge on any atom is 0.404 e. The highest BCUT2D eigenvalue weighted by Gasteiger charge is 2.30. The van der Waals surface area contributed by atoms with E-state index in [-0.39, 0.29) is 17.7 Å². The van der Waals surface area contributed by atoms with Crippen molar-refractivity contribution in [1.29, 1.82) is 5.26 Å². The Kier molecular flexibility index (Phi) is 5.97. The van der Waals surface area contributed by atoms with Crippen LogP contribution in [0.25, 0.3) is 10.9 Å². The van der Waals surface area contributed by atoms with Gasteiger partial charge in [0.2, 0.25) is 0 Å². The highest BCUT2D eigenvalue weighted by Crippen LogP contribution is 2.19. The molecule has 1 fully saturated rings. The number of nitrogens with zero attached hydrogens (tertiary/aromatic N) is 3. The van der Waals surface area contributed by atoms with Crippen LogP contribution in [0.15, 0.2) is 29.1 Å². The van der Waals surface area contributed by atoms with Gasteiger partial charge in [0.25, 0.3) is 5.56 Å². The number of methoxy groups -OCH3 is 1. The van der Waals surface area contributed by atoms with E-state index in [0.29, 0.717) is 38.2 Å². The van der Waals surface area contributed by atoms with Gasteiger partial charge in [-0.25, -0.2) is 4.79 Å². The third kappa shape index (κ3) is 4.16. The summed E-state index contributed by atoms with van der Waals surface area (Å²) < 4.78 is 7.16. The first-order chi connectivity index (χ1) is 13.4. The average Bonchev–Trinajstić information content (AvgIpc) is 2.67. The fourth-order valence-corrected chi connectivity index (χ4v) is 3.84. The predicted octanol–water partition coefficient (Wildman–Crippen LogP) is 1.54. The number of amides is 1. The number of piperidine rings is 1. The zero-order valence-electron chi connectivity index (χ0n) is 16.0. The van der Waals surface area contributed by atoms with Crippen molar-refractivity contribution in [3.8, 4) is 6.07 Å². The van der Waals surface area contributed by atoms with Crippen LogP contribution in [0, 0.1) is 18.3 Å². The van der Waals surface area contributed by atoms with E-state index in [0.717, 1.165) is 16.5 Å². The summed E-state index contributed by atoms with van der Waals surface area (Å²) in [6, 6.07) is 8.90. The van der Waals surface area contributed by atoms with Crippen LogP contribution < -0.4 is 10.9 Å². The lowest BCUT2D eigenvalue weighted by atomic mass is 10.0. The Hall–Kier alpha value is -2.89. The van der Waals surface area contributed by atoms with E-state index in [1.165, 1.54) is 0 Å². The van der Waals surface area contributed by atoms with Crippen molar-refractivity contribution >= 4 is 17.0 Å². The summed E-state index contributed by atoms with van der Waals surface area (Å²) in [6.45, 7) is 4.31. The number of nitriles is 1.